The summed E-state index contributed by atoms with van der Waals surface area (Å²) in [5.41, 5.74) is 0. The van der Waals surface area contributed by atoms with Crippen LogP contribution in [-0.4, -0.2) is 58.9 Å². The molecular formula is C11H24NO5P. The Bertz CT molecular complexity index is 286. The van der Waals surface area contributed by atoms with Crippen molar-refractivity contribution in [3.8, 4) is 0 Å². The Labute approximate surface area is 108 Å². The van der Waals surface area contributed by atoms with Crippen LogP contribution in [-0.2, 0) is 13.6 Å². The van der Waals surface area contributed by atoms with Crippen molar-refractivity contribution in [1.29, 1.82) is 0 Å². The van der Waals surface area contributed by atoms with Gasteiger partial charge in [0.1, 0.15) is 6.29 Å². The highest BCUT2D eigenvalue weighted by atomic mass is 31.2. The Balaban J connectivity index is 2.64. The number of likely N-dealkylation sites (tertiary alicyclic amines) is 1. The smallest absolute Gasteiger partial charge is 0.345 e. The number of aliphatic hydroxyl groups excluding tert-OH is 2. The molecule has 0 saturated carbocycles. The van der Waals surface area contributed by atoms with Crippen molar-refractivity contribution >= 4 is 7.60 Å². The van der Waals surface area contributed by atoms with E-state index in [1.54, 1.807) is 32.6 Å². The Morgan fingerprint density at radius 2 is 1.50 bits per heavy atom. The molecule has 6 nitrogen and oxygen atoms in total. The number of rotatable bonds is 6. The minimum absolute atomic E-state index is 0.0947. The molecule has 0 unspecified atom stereocenters. The number of nitrogens with zero attached hydrogens (tertiary/aromatic N) is 1. The lowest BCUT2D eigenvalue weighted by Gasteiger charge is -2.26. The van der Waals surface area contributed by atoms with Crippen LogP contribution in [0, 0.1) is 0 Å². The van der Waals surface area contributed by atoms with Gasteiger partial charge in [-0.15, -0.1) is 0 Å². The monoisotopic (exact) mass is 281 g/mol. The molecule has 1 aliphatic heterocycles. The van der Waals surface area contributed by atoms with Crippen LogP contribution in [0.1, 0.15) is 27.7 Å². The molecule has 2 atom stereocenters. The minimum atomic E-state index is -3.23. The summed E-state index contributed by atoms with van der Waals surface area (Å²) in [5.74, 6) is 0. The van der Waals surface area contributed by atoms with Crippen LogP contribution >= 0.6 is 7.60 Å². The molecule has 1 heterocycles. The van der Waals surface area contributed by atoms with Crippen LogP contribution in [0.4, 0.5) is 0 Å². The van der Waals surface area contributed by atoms with E-state index in [9.17, 15) is 14.8 Å². The highest BCUT2D eigenvalue weighted by molar-refractivity contribution is 7.53. The molecule has 0 aromatic carbocycles. The summed E-state index contributed by atoms with van der Waals surface area (Å²) in [6.45, 7) is 7.75. The van der Waals surface area contributed by atoms with E-state index in [4.69, 9.17) is 9.05 Å². The van der Waals surface area contributed by atoms with Gasteiger partial charge in [-0.3, -0.25) is 9.46 Å². The molecular weight excluding hydrogens is 257 g/mol. The van der Waals surface area contributed by atoms with Gasteiger partial charge in [0.25, 0.3) is 0 Å². The number of β-amino-alcohol motifs (C(OH)–C–C–N with tert-alkyl or cyclic N) is 2. The first-order valence-corrected chi connectivity index (χ1v) is 7.99. The van der Waals surface area contributed by atoms with Gasteiger partial charge in [-0.1, -0.05) is 0 Å². The maximum atomic E-state index is 12.6. The Morgan fingerprint density at radius 1 is 1.11 bits per heavy atom. The van der Waals surface area contributed by atoms with Gasteiger partial charge in [0.05, 0.1) is 24.4 Å². The first-order chi connectivity index (χ1) is 8.22. The van der Waals surface area contributed by atoms with Crippen LogP contribution in [0.5, 0.6) is 0 Å². The lowest BCUT2D eigenvalue weighted by molar-refractivity contribution is 0.0572. The molecule has 1 fully saturated rings. The van der Waals surface area contributed by atoms with Crippen molar-refractivity contribution in [1.82, 2.24) is 4.90 Å². The van der Waals surface area contributed by atoms with Crippen molar-refractivity contribution in [2.45, 2.75) is 52.1 Å². The van der Waals surface area contributed by atoms with Crippen molar-refractivity contribution in [2.75, 3.05) is 19.4 Å². The molecule has 0 amide bonds. The predicted molar refractivity (Wildman–Crippen MR) is 68.5 cm³/mol. The lowest BCUT2D eigenvalue weighted by atomic mass is 10.3. The third-order valence-corrected chi connectivity index (χ3v) is 4.68. The summed E-state index contributed by atoms with van der Waals surface area (Å²) in [6, 6.07) is 0. The summed E-state index contributed by atoms with van der Waals surface area (Å²) in [5, 5.41) is 18.9. The third-order valence-electron chi connectivity index (χ3n) is 2.45. The summed E-state index contributed by atoms with van der Waals surface area (Å²) in [6.07, 6.45) is -1.90. The summed E-state index contributed by atoms with van der Waals surface area (Å²) >= 11 is 0. The van der Waals surface area contributed by atoms with Crippen molar-refractivity contribution in [3.05, 3.63) is 0 Å². The van der Waals surface area contributed by atoms with Gasteiger partial charge in [0.2, 0.25) is 0 Å². The van der Waals surface area contributed by atoms with E-state index in [1.165, 1.54) is 0 Å². The fraction of sp³-hybridized carbons (Fsp3) is 1.00. The third kappa shape index (κ3) is 4.96. The minimum Gasteiger partial charge on any atom is -0.389 e. The maximum Gasteiger partial charge on any atom is 0.345 e. The molecule has 1 aliphatic rings. The standard InChI is InChI=1S/C11H24NO5P/c1-8(2)16-18(15,17-9(3)4)7-12-5-10(13)11(14)6-12/h8-11,13-14H,5-7H2,1-4H3/t10-,11-/m0/s1. The molecule has 0 bridgehead atoms. The van der Waals surface area contributed by atoms with Crippen molar-refractivity contribution in [3.63, 3.8) is 0 Å². The fourth-order valence-corrected chi connectivity index (χ4v) is 4.13. The lowest BCUT2D eigenvalue weighted by Crippen LogP contribution is -2.26. The molecule has 0 aromatic heterocycles. The predicted octanol–water partition coefficient (Wildman–Crippen LogP) is 1.02. The van der Waals surface area contributed by atoms with Gasteiger partial charge < -0.3 is 19.3 Å². The SMILES string of the molecule is CC(C)OP(=O)(CN1C[C@H](O)[C@@H](O)C1)OC(C)C. The van der Waals surface area contributed by atoms with Gasteiger partial charge >= 0.3 is 7.60 Å². The van der Waals surface area contributed by atoms with E-state index in [2.05, 4.69) is 0 Å². The zero-order chi connectivity index (χ0) is 13.9. The average Bonchev–Trinajstić information content (AvgIpc) is 2.40. The largest absolute Gasteiger partial charge is 0.389 e. The van der Waals surface area contributed by atoms with Crippen LogP contribution in [0.15, 0.2) is 0 Å². The van der Waals surface area contributed by atoms with E-state index in [0.29, 0.717) is 0 Å². The van der Waals surface area contributed by atoms with E-state index < -0.39 is 19.8 Å². The Hall–Kier alpha value is 0.0300. The highest BCUT2D eigenvalue weighted by Gasteiger charge is 2.36. The van der Waals surface area contributed by atoms with Gasteiger partial charge in [-0.05, 0) is 27.7 Å². The molecule has 2 N–H and O–H groups in total. The topological polar surface area (TPSA) is 79.2 Å². The van der Waals surface area contributed by atoms with E-state index in [0.717, 1.165) is 0 Å². The Morgan fingerprint density at radius 3 is 1.83 bits per heavy atom. The zero-order valence-electron chi connectivity index (χ0n) is 11.4. The summed E-state index contributed by atoms with van der Waals surface area (Å²) in [7, 11) is -3.23. The van der Waals surface area contributed by atoms with E-state index in [1.807, 2.05) is 0 Å². The zero-order valence-corrected chi connectivity index (χ0v) is 12.3. The van der Waals surface area contributed by atoms with Crippen LogP contribution in [0.3, 0.4) is 0 Å². The molecule has 1 rings (SSSR count). The van der Waals surface area contributed by atoms with Gasteiger partial charge in [-0.25, -0.2) is 0 Å². The molecule has 0 radical (unpaired) electrons. The summed E-state index contributed by atoms with van der Waals surface area (Å²) < 4.78 is 23.4. The quantitative estimate of drug-likeness (QED) is 0.708. The second kappa shape index (κ2) is 6.46. The number of hydrogen-bond acceptors (Lipinski definition) is 6. The van der Waals surface area contributed by atoms with E-state index in [-0.39, 0.29) is 31.6 Å². The van der Waals surface area contributed by atoms with Crippen LogP contribution in [0.25, 0.3) is 0 Å². The van der Waals surface area contributed by atoms with Gasteiger partial charge in [-0.2, -0.15) is 0 Å². The highest BCUT2D eigenvalue weighted by Crippen LogP contribution is 2.51. The molecule has 0 spiro atoms. The number of hydrogen-bond donors (Lipinski definition) is 2. The summed E-state index contributed by atoms with van der Waals surface area (Å²) in [4.78, 5) is 1.71. The Kier molecular flexibility index (Phi) is 5.77. The molecule has 18 heavy (non-hydrogen) atoms. The van der Waals surface area contributed by atoms with Crippen LogP contribution in [0.2, 0.25) is 0 Å². The fourth-order valence-electron chi connectivity index (χ4n) is 1.94. The second-order valence-electron chi connectivity index (χ2n) is 5.23. The van der Waals surface area contributed by atoms with Crippen molar-refractivity contribution < 1.29 is 23.8 Å². The van der Waals surface area contributed by atoms with Crippen molar-refractivity contribution in [2.24, 2.45) is 0 Å². The second-order valence-corrected chi connectivity index (χ2v) is 7.16. The van der Waals surface area contributed by atoms with E-state index >= 15 is 0 Å². The molecule has 0 aliphatic carbocycles. The first-order valence-electron chi connectivity index (χ1n) is 6.26. The molecule has 108 valence electrons. The van der Waals surface area contributed by atoms with Gasteiger partial charge in [0.15, 0.2) is 0 Å². The normalized spacial score (nSPS) is 26.4. The molecule has 0 aromatic rings. The van der Waals surface area contributed by atoms with Crippen LogP contribution < -0.4 is 0 Å². The molecule has 1 saturated heterocycles. The average molecular weight is 281 g/mol. The van der Waals surface area contributed by atoms with Gasteiger partial charge in [0, 0.05) is 13.1 Å². The molecule has 7 heteroatoms. The first kappa shape index (κ1) is 16.1. The number of aliphatic hydroxyl groups is 2. The maximum absolute atomic E-state index is 12.6.